The number of nitrogens with zero attached hydrogens (tertiary/aromatic N) is 2. The van der Waals surface area contributed by atoms with Crippen LogP contribution < -0.4 is 15.4 Å². The number of guanidine groups is 1. The molecule has 0 saturated heterocycles. The Morgan fingerprint density at radius 1 is 1.65 bits per heavy atom. The van der Waals surface area contributed by atoms with Gasteiger partial charge in [-0.25, -0.2) is 9.37 Å². The number of hydrogen-bond acceptors (Lipinski definition) is 5. The van der Waals surface area contributed by atoms with Gasteiger partial charge in [-0.15, -0.1) is 0 Å². The second-order valence-electron chi connectivity index (χ2n) is 3.80. The fourth-order valence-electron chi connectivity index (χ4n) is 1.45. The van der Waals surface area contributed by atoms with Crippen LogP contribution in [0.1, 0.15) is 6.92 Å². The monoisotopic (exact) mass is 238 g/mol. The van der Waals surface area contributed by atoms with Crippen molar-refractivity contribution in [2.75, 3.05) is 19.7 Å². The van der Waals surface area contributed by atoms with E-state index in [0.717, 1.165) is 12.5 Å². The maximum atomic E-state index is 13.1. The molecule has 0 radical (unpaired) electrons. The molecule has 0 aromatic carbocycles. The molecule has 2 heterocycles. The van der Waals surface area contributed by atoms with E-state index in [4.69, 9.17) is 4.74 Å². The van der Waals surface area contributed by atoms with E-state index in [9.17, 15) is 4.39 Å². The zero-order valence-electron chi connectivity index (χ0n) is 9.61. The van der Waals surface area contributed by atoms with Gasteiger partial charge < -0.3 is 15.4 Å². The molecular formula is C11H15FN4O. The molecule has 0 aliphatic carbocycles. The van der Waals surface area contributed by atoms with E-state index < -0.39 is 5.82 Å². The van der Waals surface area contributed by atoms with E-state index in [2.05, 4.69) is 27.5 Å². The molecule has 17 heavy (non-hydrogen) atoms. The summed E-state index contributed by atoms with van der Waals surface area (Å²) in [4.78, 5) is 8.02. The van der Waals surface area contributed by atoms with Crippen LogP contribution in [0.25, 0.3) is 0 Å². The van der Waals surface area contributed by atoms with Crippen molar-refractivity contribution in [3.63, 3.8) is 0 Å². The predicted molar refractivity (Wildman–Crippen MR) is 62.6 cm³/mol. The Morgan fingerprint density at radius 2 is 2.53 bits per heavy atom. The Kier molecular flexibility index (Phi) is 3.74. The average Bonchev–Trinajstić information content (AvgIpc) is 2.73. The van der Waals surface area contributed by atoms with Crippen LogP contribution in [0, 0.1) is 5.82 Å². The minimum absolute atomic E-state index is 0.0315. The van der Waals surface area contributed by atoms with Crippen LogP contribution in [-0.4, -0.2) is 36.7 Å². The normalized spacial score (nSPS) is 18.5. The first-order chi connectivity index (χ1) is 8.25. The van der Waals surface area contributed by atoms with Crippen LogP contribution in [0.15, 0.2) is 23.3 Å². The molecule has 1 aromatic heterocycles. The van der Waals surface area contributed by atoms with Crippen LogP contribution in [0.4, 0.5) is 4.39 Å². The summed E-state index contributed by atoms with van der Waals surface area (Å²) < 4.78 is 18.3. The minimum atomic E-state index is -0.447. The highest BCUT2D eigenvalue weighted by molar-refractivity contribution is 5.81. The third kappa shape index (κ3) is 3.30. The lowest BCUT2D eigenvalue weighted by Gasteiger charge is -2.09. The molecule has 2 N–H and O–H groups in total. The molecule has 6 heteroatoms. The molecule has 0 spiro atoms. The minimum Gasteiger partial charge on any atom is -0.474 e. The summed E-state index contributed by atoms with van der Waals surface area (Å²) in [7, 11) is 0. The summed E-state index contributed by atoms with van der Waals surface area (Å²) in [6.07, 6.45) is 1.50. The maximum Gasteiger partial charge on any atom is 0.250 e. The number of pyridine rings is 1. The molecule has 92 valence electrons. The van der Waals surface area contributed by atoms with Crippen LogP contribution >= 0.6 is 0 Å². The van der Waals surface area contributed by atoms with Crippen molar-refractivity contribution in [2.24, 2.45) is 4.99 Å². The van der Waals surface area contributed by atoms with E-state index in [1.54, 1.807) is 0 Å². The van der Waals surface area contributed by atoms with Crippen molar-refractivity contribution in [2.45, 2.75) is 13.0 Å². The highest BCUT2D eigenvalue weighted by atomic mass is 19.1. The van der Waals surface area contributed by atoms with Gasteiger partial charge in [0.1, 0.15) is 6.61 Å². The first-order valence-electron chi connectivity index (χ1n) is 5.54. The molecule has 0 fully saturated rings. The third-order valence-electron chi connectivity index (χ3n) is 2.26. The van der Waals surface area contributed by atoms with Crippen LogP contribution in [0.5, 0.6) is 5.88 Å². The summed E-state index contributed by atoms with van der Waals surface area (Å²) in [6.45, 7) is 3.72. The summed E-state index contributed by atoms with van der Waals surface area (Å²) in [5.41, 5.74) is 0. The Morgan fingerprint density at radius 3 is 3.24 bits per heavy atom. The highest BCUT2D eigenvalue weighted by Gasteiger charge is 2.11. The summed E-state index contributed by atoms with van der Waals surface area (Å²) in [5.74, 6) is 0.351. The van der Waals surface area contributed by atoms with Crippen LogP contribution in [0.2, 0.25) is 0 Å². The number of rotatable bonds is 4. The van der Waals surface area contributed by atoms with Gasteiger partial charge in [0.05, 0.1) is 13.1 Å². The summed E-state index contributed by atoms with van der Waals surface area (Å²) in [6, 6.07) is 3.21. The average molecular weight is 238 g/mol. The molecule has 1 aromatic rings. The molecule has 2 rings (SSSR count). The van der Waals surface area contributed by atoms with E-state index in [0.29, 0.717) is 19.2 Å². The van der Waals surface area contributed by atoms with Crippen LogP contribution in [-0.2, 0) is 0 Å². The Hall–Kier alpha value is -1.85. The van der Waals surface area contributed by atoms with Gasteiger partial charge in [0.15, 0.2) is 11.8 Å². The first-order valence-corrected chi connectivity index (χ1v) is 5.54. The first kappa shape index (κ1) is 11.6. The van der Waals surface area contributed by atoms with Gasteiger partial charge in [-0.2, -0.15) is 0 Å². The van der Waals surface area contributed by atoms with Crippen molar-refractivity contribution >= 4 is 5.96 Å². The Bertz CT molecular complexity index is 410. The van der Waals surface area contributed by atoms with Gasteiger partial charge in [-0.1, -0.05) is 0 Å². The van der Waals surface area contributed by atoms with E-state index in [-0.39, 0.29) is 5.88 Å². The maximum absolute atomic E-state index is 13.1. The van der Waals surface area contributed by atoms with Crippen molar-refractivity contribution in [1.82, 2.24) is 15.6 Å². The number of ether oxygens (including phenoxy) is 1. The molecule has 0 bridgehead atoms. The van der Waals surface area contributed by atoms with Gasteiger partial charge in [0, 0.05) is 12.2 Å². The molecule has 0 saturated carbocycles. The lowest BCUT2D eigenvalue weighted by Crippen LogP contribution is -2.39. The van der Waals surface area contributed by atoms with Crippen LogP contribution in [0.3, 0.4) is 0 Å². The number of hydrogen-bond donors (Lipinski definition) is 2. The summed E-state index contributed by atoms with van der Waals surface area (Å²) in [5, 5.41) is 6.22. The lowest BCUT2D eigenvalue weighted by atomic mass is 10.4. The molecule has 1 aliphatic heterocycles. The quantitative estimate of drug-likeness (QED) is 0.752. The van der Waals surface area contributed by atoms with Gasteiger partial charge >= 0.3 is 0 Å². The highest BCUT2D eigenvalue weighted by Crippen LogP contribution is 2.10. The van der Waals surface area contributed by atoms with Gasteiger partial charge in [0.25, 0.3) is 0 Å². The van der Waals surface area contributed by atoms with E-state index >= 15 is 0 Å². The molecular weight excluding hydrogens is 223 g/mol. The lowest BCUT2D eigenvalue weighted by molar-refractivity contribution is 0.292. The van der Waals surface area contributed by atoms with Crippen molar-refractivity contribution in [3.05, 3.63) is 24.1 Å². The number of nitrogens with one attached hydrogen (secondary N) is 2. The fourth-order valence-corrected chi connectivity index (χ4v) is 1.45. The van der Waals surface area contributed by atoms with Gasteiger partial charge in [-0.05, 0) is 19.1 Å². The molecule has 0 amide bonds. The zero-order chi connectivity index (χ0) is 12.1. The Balaban J connectivity index is 1.68. The van der Waals surface area contributed by atoms with Gasteiger partial charge in [0.2, 0.25) is 5.88 Å². The topological polar surface area (TPSA) is 58.5 Å². The Labute approximate surface area is 99.1 Å². The fraction of sp³-hybridized carbons (Fsp3) is 0.455. The largest absolute Gasteiger partial charge is 0.474 e. The van der Waals surface area contributed by atoms with Crippen molar-refractivity contribution in [3.8, 4) is 5.88 Å². The van der Waals surface area contributed by atoms with E-state index in [1.165, 1.54) is 18.3 Å². The van der Waals surface area contributed by atoms with Gasteiger partial charge in [-0.3, -0.25) is 4.99 Å². The SMILES string of the molecule is CC1CN=C(NCCOc2ncccc2F)N1. The zero-order valence-corrected chi connectivity index (χ0v) is 9.61. The number of aliphatic imine (C=N–C) groups is 1. The second-order valence-corrected chi connectivity index (χ2v) is 3.80. The molecule has 1 unspecified atom stereocenters. The number of aromatic nitrogens is 1. The predicted octanol–water partition coefficient (Wildman–Crippen LogP) is 0.537. The number of halogens is 1. The summed E-state index contributed by atoms with van der Waals surface area (Å²) >= 11 is 0. The molecule has 5 nitrogen and oxygen atoms in total. The smallest absolute Gasteiger partial charge is 0.250 e. The van der Waals surface area contributed by atoms with Crippen molar-refractivity contribution in [1.29, 1.82) is 0 Å². The van der Waals surface area contributed by atoms with E-state index in [1.807, 2.05) is 0 Å². The van der Waals surface area contributed by atoms with Crippen molar-refractivity contribution < 1.29 is 9.13 Å². The second kappa shape index (κ2) is 5.47. The molecule has 1 aliphatic rings. The molecule has 1 atom stereocenters. The standard InChI is InChI=1S/C11H15FN4O/c1-8-7-15-11(16-8)14-5-6-17-10-9(12)3-2-4-13-10/h2-4,8H,5-7H2,1H3,(H2,14,15,16). The third-order valence-corrected chi connectivity index (χ3v) is 2.26.